The van der Waals surface area contributed by atoms with Gasteiger partial charge in [0.25, 0.3) is 0 Å². The zero-order valence-electron chi connectivity index (χ0n) is 11.6. The molecule has 1 heterocycles. The molecule has 0 aliphatic heterocycles. The van der Waals surface area contributed by atoms with E-state index in [9.17, 15) is 9.90 Å². The molecule has 108 valence electrons. The zero-order valence-corrected chi connectivity index (χ0v) is 11.6. The van der Waals surface area contributed by atoms with Gasteiger partial charge in [-0.25, -0.2) is 0 Å². The normalized spacial score (nSPS) is 12.2. The molecule has 1 unspecified atom stereocenters. The van der Waals surface area contributed by atoms with E-state index in [1.54, 1.807) is 24.5 Å². The lowest BCUT2D eigenvalue weighted by atomic mass is 10.1. The highest BCUT2D eigenvalue weighted by Gasteiger charge is 2.06. The molecule has 0 spiro atoms. The molecular formula is C17H18N2O2. The molecule has 1 atom stereocenters. The van der Waals surface area contributed by atoms with Crippen LogP contribution in [0.4, 0.5) is 0 Å². The third-order valence-electron chi connectivity index (χ3n) is 2.94. The predicted octanol–water partition coefficient (Wildman–Crippen LogP) is 1.81. The SMILES string of the molecule is O=C(/C=C/c1cccnc1)NCC(O)Cc1ccccc1. The van der Waals surface area contributed by atoms with Crippen molar-refractivity contribution in [1.29, 1.82) is 0 Å². The van der Waals surface area contributed by atoms with Crippen molar-refractivity contribution >= 4 is 12.0 Å². The number of carbonyl (C=O) groups excluding carboxylic acids is 1. The van der Waals surface area contributed by atoms with Crippen LogP contribution < -0.4 is 5.32 Å². The Hall–Kier alpha value is -2.46. The third-order valence-corrected chi connectivity index (χ3v) is 2.94. The fourth-order valence-electron chi connectivity index (χ4n) is 1.88. The second-order valence-electron chi connectivity index (χ2n) is 4.71. The standard InChI is InChI=1S/C17H18N2O2/c20-16(11-14-5-2-1-3-6-14)13-19-17(21)9-8-15-7-4-10-18-12-15/h1-10,12,16,20H,11,13H2,(H,19,21)/b9-8+. The van der Waals surface area contributed by atoms with Crippen molar-refractivity contribution in [3.05, 3.63) is 72.1 Å². The third kappa shape index (κ3) is 5.58. The summed E-state index contributed by atoms with van der Waals surface area (Å²) in [4.78, 5) is 15.6. The number of amides is 1. The molecule has 0 bridgehead atoms. The topological polar surface area (TPSA) is 62.2 Å². The number of benzene rings is 1. The van der Waals surface area contributed by atoms with Crippen molar-refractivity contribution in [3.8, 4) is 0 Å². The van der Waals surface area contributed by atoms with E-state index in [1.807, 2.05) is 36.4 Å². The van der Waals surface area contributed by atoms with Crippen LogP contribution in [0.5, 0.6) is 0 Å². The number of nitrogens with zero attached hydrogens (tertiary/aromatic N) is 1. The summed E-state index contributed by atoms with van der Waals surface area (Å²) in [5, 5.41) is 12.6. The van der Waals surface area contributed by atoms with Crippen LogP contribution in [0.15, 0.2) is 60.9 Å². The highest BCUT2D eigenvalue weighted by molar-refractivity contribution is 5.91. The van der Waals surface area contributed by atoms with Gasteiger partial charge in [-0.1, -0.05) is 36.4 Å². The van der Waals surface area contributed by atoms with Crippen LogP contribution in [0, 0.1) is 0 Å². The Kier molecular flexibility index (Phi) is 5.67. The number of pyridine rings is 1. The Bertz CT molecular complexity index is 582. The van der Waals surface area contributed by atoms with E-state index < -0.39 is 6.10 Å². The van der Waals surface area contributed by atoms with Gasteiger partial charge in [0.15, 0.2) is 0 Å². The first kappa shape index (κ1) is 14.9. The number of aromatic nitrogens is 1. The van der Waals surface area contributed by atoms with Crippen LogP contribution in [0.25, 0.3) is 6.08 Å². The Morgan fingerprint density at radius 2 is 2.05 bits per heavy atom. The second-order valence-corrected chi connectivity index (χ2v) is 4.71. The summed E-state index contributed by atoms with van der Waals surface area (Å²) < 4.78 is 0. The number of nitrogens with one attached hydrogen (secondary N) is 1. The van der Waals surface area contributed by atoms with E-state index in [4.69, 9.17) is 0 Å². The monoisotopic (exact) mass is 282 g/mol. The van der Waals surface area contributed by atoms with Gasteiger partial charge in [-0.05, 0) is 23.3 Å². The zero-order chi connectivity index (χ0) is 14.9. The fourth-order valence-corrected chi connectivity index (χ4v) is 1.88. The molecule has 1 amide bonds. The summed E-state index contributed by atoms with van der Waals surface area (Å²) in [7, 11) is 0. The molecule has 2 N–H and O–H groups in total. The van der Waals surface area contributed by atoms with Gasteiger partial charge in [0.05, 0.1) is 6.10 Å². The maximum Gasteiger partial charge on any atom is 0.244 e. The molecule has 0 saturated carbocycles. The molecule has 4 nitrogen and oxygen atoms in total. The summed E-state index contributed by atoms with van der Waals surface area (Å²) in [5.74, 6) is -0.231. The molecule has 1 aromatic heterocycles. The Balaban J connectivity index is 1.75. The van der Waals surface area contributed by atoms with Crippen molar-refractivity contribution in [2.24, 2.45) is 0 Å². The molecular weight excluding hydrogens is 264 g/mol. The van der Waals surface area contributed by atoms with Gasteiger partial charge in [0.1, 0.15) is 0 Å². The minimum Gasteiger partial charge on any atom is -0.391 e. The minimum absolute atomic E-state index is 0.227. The van der Waals surface area contributed by atoms with Crippen LogP contribution in [-0.4, -0.2) is 28.6 Å². The molecule has 21 heavy (non-hydrogen) atoms. The van der Waals surface area contributed by atoms with Gasteiger partial charge >= 0.3 is 0 Å². The first-order valence-corrected chi connectivity index (χ1v) is 6.82. The van der Waals surface area contributed by atoms with Crippen LogP contribution in [0.1, 0.15) is 11.1 Å². The van der Waals surface area contributed by atoms with Crippen LogP contribution in [-0.2, 0) is 11.2 Å². The second kappa shape index (κ2) is 7.97. The molecule has 0 aliphatic rings. The lowest BCUT2D eigenvalue weighted by molar-refractivity contribution is -0.116. The van der Waals surface area contributed by atoms with Crippen molar-refractivity contribution in [2.45, 2.75) is 12.5 Å². The van der Waals surface area contributed by atoms with E-state index in [0.29, 0.717) is 6.42 Å². The van der Waals surface area contributed by atoms with E-state index >= 15 is 0 Å². The molecule has 2 aromatic rings. The predicted molar refractivity (Wildman–Crippen MR) is 82.4 cm³/mol. The number of aliphatic hydroxyl groups excluding tert-OH is 1. The Labute approximate surface area is 124 Å². The van der Waals surface area contributed by atoms with Crippen LogP contribution in [0.2, 0.25) is 0 Å². The number of carbonyl (C=O) groups is 1. The van der Waals surface area contributed by atoms with Gasteiger partial charge in [-0.2, -0.15) is 0 Å². The highest BCUT2D eigenvalue weighted by Crippen LogP contribution is 2.02. The fraction of sp³-hybridized carbons (Fsp3) is 0.176. The van der Waals surface area contributed by atoms with Crippen molar-refractivity contribution < 1.29 is 9.90 Å². The van der Waals surface area contributed by atoms with Gasteiger partial charge in [-0.3, -0.25) is 9.78 Å². The number of aliphatic hydroxyl groups is 1. The average molecular weight is 282 g/mol. The smallest absolute Gasteiger partial charge is 0.244 e. The van der Waals surface area contributed by atoms with Gasteiger partial charge in [-0.15, -0.1) is 0 Å². The van der Waals surface area contributed by atoms with Gasteiger partial charge < -0.3 is 10.4 Å². The maximum absolute atomic E-state index is 11.6. The largest absolute Gasteiger partial charge is 0.391 e. The molecule has 0 fully saturated rings. The molecule has 1 aromatic carbocycles. The van der Waals surface area contributed by atoms with E-state index in [0.717, 1.165) is 11.1 Å². The average Bonchev–Trinajstić information content (AvgIpc) is 2.53. The highest BCUT2D eigenvalue weighted by atomic mass is 16.3. The van der Waals surface area contributed by atoms with E-state index in [1.165, 1.54) is 6.08 Å². The molecule has 4 heteroatoms. The van der Waals surface area contributed by atoms with Crippen molar-refractivity contribution in [2.75, 3.05) is 6.54 Å². The first-order valence-electron chi connectivity index (χ1n) is 6.82. The molecule has 0 aliphatic carbocycles. The lowest BCUT2D eigenvalue weighted by Gasteiger charge is -2.10. The number of rotatable bonds is 6. The summed E-state index contributed by atoms with van der Waals surface area (Å²) in [5.41, 5.74) is 1.91. The van der Waals surface area contributed by atoms with Gasteiger partial charge in [0, 0.05) is 31.4 Å². The minimum atomic E-state index is -0.594. The maximum atomic E-state index is 11.6. The molecule has 2 rings (SSSR count). The van der Waals surface area contributed by atoms with Crippen LogP contribution >= 0.6 is 0 Å². The molecule has 0 radical (unpaired) electrons. The molecule has 0 saturated heterocycles. The van der Waals surface area contributed by atoms with Crippen LogP contribution in [0.3, 0.4) is 0 Å². The Morgan fingerprint density at radius 1 is 1.24 bits per heavy atom. The summed E-state index contributed by atoms with van der Waals surface area (Å²) >= 11 is 0. The van der Waals surface area contributed by atoms with Gasteiger partial charge in [0.2, 0.25) is 5.91 Å². The lowest BCUT2D eigenvalue weighted by Crippen LogP contribution is -2.32. The first-order chi connectivity index (χ1) is 10.2. The Morgan fingerprint density at radius 3 is 2.76 bits per heavy atom. The number of hydrogen-bond donors (Lipinski definition) is 2. The quantitative estimate of drug-likeness (QED) is 0.794. The summed E-state index contributed by atoms with van der Waals surface area (Å²) in [6.45, 7) is 0.227. The summed E-state index contributed by atoms with van der Waals surface area (Å²) in [6.07, 6.45) is 6.40. The number of hydrogen-bond acceptors (Lipinski definition) is 3. The van der Waals surface area contributed by atoms with E-state index in [-0.39, 0.29) is 12.5 Å². The van der Waals surface area contributed by atoms with Crippen molar-refractivity contribution in [3.63, 3.8) is 0 Å². The van der Waals surface area contributed by atoms with E-state index in [2.05, 4.69) is 10.3 Å². The summed E-state index contributed by atoms with van der Waals surface area (Å²) in [6, 6.07) is 13.4. The van der Waals surface area contributed by atoms with Crippen molar-refractivity contribution in [1.82, 2.24) is 10.3 Å².